The van der Waals surface area contributed by atoms with E-state index in [2.05, 4.69) is 53.6 Å². The second kappa shape index (κ2) is 39.0. The van der Waals surface area contributed by atoms with Gasteiger partial charge < -0.3 is 33.7 Å². The molecule has 5 aromatic carbocycles. The molecule has 0 saturated carbocycles. The minimum atomic E-state index is -6.36. The number of alkyl halides is 25. The smallest absolute Gasteiger partial charge is 0.453 e. The summed E-state index contributed by atoms with van der Waals surface area (Å²) in [6.45, 7) is -8.57. The Morgan fingerprint density at radius 1 is 0.191 bits per heavy atom. The summed E-state index contributed by atoms with van der Waals surface area (Å²) in [5.41, 5.74) is -35.5. The predicted molar refractivity (Wildman–Crippen MR) is 403 cm³/mol. The molecule has 0 spiro atoms. The van der Waals surface area contributed by atoms with Gasteiger partial charge >= 0.3 is 60.5 Å². The van der Waals surface area contributed by atoms with Crippen LogP contribution in [0.3, 0.4) is 0 Å². The lowest BCUT2D eigenvalue weighted by Gasteiger charge is -2.19. The highest BCUT2D eigenvalue weighted by Crippen LogP contribution is 2.52. The number of hydrogen-bond acceptors (Lipinski definition) is 9. The molecule has 11 nitrogen and oxygen atoms in total. The van der Waals surface area contributed by atoms with Crippen LogP contribution in [0.2, 0.25) is 0 Å². The molecule has 0 unspecified atom stereocenters. The summed E-state index contributed by atoms with van der Waals surface area (Å²) in [4.78, 5) is 20.1. The Bertz CT molecular complexity index is 6310. The van der Waals surface area contributed by atoms with Crippen LogP contribution in [0.25, 0.3) is 126 Å². The quantitative estimate of drug-likeness (QED) is 0.0257. The van der Waals surface area contributed by atoms with Crippen molar-refractivity contribution in [3.05, 3.63) is 192 Å². The lowest BCUT2D eigenvalue weighted by molar-refractivity contribution is -0.284. The largest absolute Gasteiger partial charge is 0.487 e. The van der Waals surface area contributed by atoms with E-state index in [1.54, 1.807) is 0 Å². The van der Waals surface area contributed by atoms with Gasteiger partial charge in [0, 0.05) is 82.0 Å². The number of benzene rings is 5. The third-order valence-electron chi connectivity index (χ3n) is 20.7. The highest BCUT2D eigenvalue weighted by molar-refractivity contribution is 6.00. The van der Waals surface area contributed by atoms with Crippen LogP contribution in [0, 0.1) is 116 Å². The summed E-state index contributed by atoms with van der Waals surface area (Å²) in [6.07, 6.45) is -47.8. The molecule has 0 aliphatic carbocycles. The van der Waals surface area contributed by atoms with Crippen LogP contribution in [0.1, 0.15) is 110 Å². The van der Waals surface area contributed by atoms with Gasteiger partial charge in [-0.25, -0.2) is 63.8 Å². The number of nitrogens with one attached hydrogen (secondary N) is 2. The first-order valence-electron chi connectivity index (χ1n) is 39.1. The molecule has 8 aromatic rings. The molecule has 12 rings (SSSR count). The summed E-state index contributed by atoms with van der Waals surface area (Å²) in [5, 5.41) is 0. The average Bonchev–Trinajstić information content (AvgIpc) is 1.62. The third kappa shape index (κ3) is 20.6. The van der Waals surface area contributed by atoms with Gasteiger partial charge in [-0.1, -0.05) is 0 Å². The number of rotatable bonds is 30. The molecular weight excluding hydrogens is 2040 g/mol. The Labute approximate surface area is 754 Å². The van der Waals surface area contributed by atoms with Gasteiger partial charge in [-0.05, 0) is 111 Å². The lowest BCUT2D eigenvalue weighted by Crippen LogP contribution is -2.36. The zero-order chi connectivity index (χ0) is 105. The van der Waals surface area contributed by atoms with E-state index < -0.39 is 426 Å². The highest BCUT2D eigenvalue weighted by atomic mass is 19.5. The van der Waals surface area contributed by atoms with Crippen molar-refractivity contribution in [2.75, 3.05) is 33.0 Å². The Morgan fingerprint density at radius 3 is 0.525 bits per heavy atom. The van der Waals surface area contributed by atoms with Crippen molar-refractivity contribution in [3.63, 3.8) is 0 Å². The number of halogens is 45. The zero-order valence-electron chi connectivity index (χ0n) is 68.5. The van der Waals surface area contributed by atoms with E-state index >= 15 is 87.8 Å². The van der Waals surface area contributed by atoms with Gasteiger partial charge in [-0.15, -0.1) is 0 Å². The minimum absolute atomic E-state index is 0.184. The number of H-pyrrole nitrogens is 2. The van der Waals surface area contributed by atoms with Gasteiger partial charge in [0.25, 0.3) is 0 Å². The molecule has 12 bridgehead atoms. The highest BCUT2D eigenvalue weighted by Gasteiger charge is 2.61. The molecular formula is C85H45F45N6O5. The maximum atomic E-state index is 17.6. The molecule has 141 heavy (non-hydrogen) atoms. The zero-order valence-corrected chi connectivity index (χ0v) is 68.5. The van der Waals surface area contributed by atoms with Crippen molar-refractivity contribution in [1.29, 1.82) is 0 Å². The number of hydrogen-bond donors (Lipinski definition) is 2. The molecule has 2 N–H and O–H groups in total. The van der Waals surface area contributed by atoms with E-state index in [1.165, 1.54) is 0 Å². The van der Waals surface area contributed by atoms with Crippen LogP contribution in [0.4, 0.5) is 198 Å². The van der Waals surface area contributed by atoms with Crippen molar-refractivity contribution < 1.29 is 221 Å². The first kappa shape index (κ1) is 107. The first-order chi connectivity index (χ1) is 65.2. The fourth-order valence-corrected chi connectivity index (χ4v) is 13.8. The Morgan fingerprint density at radius 2 is 0.348 bits per heavy atom. The third-order valence-corrected chi connectivity index (χ3v) is 20.7. The van der Waals surface area contributed by atoms with Crippen LogP contribution >= 0.6 is 0 Å². The predicted octanol–water partition coefficient (Wildman–Crippen LogP) is 29.6. The van der Waals surface area contributed by atoms with Crippen LogP contribution in [-0.2, 0) is 0 Å². The maximum absolute atomic E-state index is 17.6. The van der Waals surface area contributed by atoms with E-state index in [0.29, 0.717) is 54.6 Å². The van der Waals surface area contributed by atoms with E-state index in [0.717, 1.165) is 0 Å². The van der Waals surface area contributed by atoms with E-state index in [-0.39, 0.29) is 24.3 Å². The number of nitrogens with zero attached hydrogens (tertiary/aromatic N) is 4. The van der Waals surface area contributed by atoms with Crippen molar-refractivity contribution in [3.8, 4) is 84.4 Å². The van der Waals surface area contributed by atoms with Gasteiger partial charge in [0.1, 0.15) is 0 Å². The SMILES string of the molecule is Fc1c(F)c(-c2c3nc(c(-c4c(F)c(F)c(OCCCC(F)(F)C(F)(F)F)c(F)c4F)c4ccc([nH]4)c(-c4c(F)c(F)c(OCCCC(F)(F)C(F)(F)F)c(F)c4F)c4nc(cc5nc(c(-c6c(F)c(F)c(OCCCC(F)(F)C(F)(F)F)c(F)c6F)c6ccc([nH]6)c(-c6c(F)c(F)c(OCCCC(F)(F)C(F)(F)F)c(F)c6F)c6nc2C=C6)C=C5)C=C4)C=C3)c(F)c(F)c1OCCCC(F)(F)C(F)(F)F. The van der Waals surface area contributed by atoms with Gasteiger partial charge in [0.15, 0.2) is 86.9 Å². The fourth-order valence-electron chi connectivity index (χ4n) is 13.8. The Balaban J connectivity index is 1.25. The van der Waals surface area contributed by atoms with Crippen molar-refractivity contribution in [1.82, 2.24) is 29.9 Å². The average molecular weight is 2090 g/mol. The Hall–Kier alpha value is -13.2. The molecule has 0 fully saturated rings. The van der Waals surface area contributed by atoms with Crippen LogP contribution in [0.15, 0.2) is 30.3 Å². The van der Waals surface area contributed by atoms with Gasteiger partial charge in [0.05, 0.1) is 106 Å². The topological polar surface area (TPSA) is 129 Å². The number of ether oxygens (including phenoxy) is 5. The van der Waals surface area contributed by atoms with E-state index in [9.17, 15) is 110 Å². The van der Waals surface area contributed by atoms with E-state index in [4.69, 9.17) is 0 Å². The Kier molecular flexibility index (Phi) is 29.5. The van der Waals surface area contributed by atoms with Crippen molar-refractivity contribution >= 4 is 70.7 Å². The molecule has 0 radical (unpaired) electrons. The number of fused-ring (bicyclic) bond motifs is 12. The van der Waals surface area contributed by atoms with Crippen molar-refractivity contribution in [2.45, 2.75) is 125 Å². The lowest BCUT2D eigenvalue weighted by atomic mass is 9.99. The van der Waals surface area contributed by atoms with Gasteiger partial charge in [0.2, 0.25) is 58.2 Å². The summed E-state index contributed by atoms with van der Waals surface area (Å²) in [5.74, 6) is -96.9. The molecule has 56 heteroatoms. The van der Waals surface area contributed by atoms with E-state index in [1.807, 2.05) is 0 Å². The molecule has 760 valence electrons. The van der Waals surface area contributed by atoms with Crippen LogP contribution < -0.4 is 23.7 Å². The van der Waals surface area contributed by atoms with Gasteiger partial charge in [-0.2, -0.15) is 154 Å². The molecule has 4 aliphatic heterocycles. The van der Waals surface area contributed by atoms with Crippen molar-refractivity contribution in [2.24, 2.45) is 0 Å². The molecule has 0 saturated heterocycles. The second-order valence-electron chi connectivity index (χ2n) is 30.1. The summed E-state index contributed by atoms with van der Waals surface area (Å²) in [6, 6.07) is 1.99. The summed E-state index contributed by atoms with van der Waals surface area (Å²) < 4.78 is 700. The molecule has 4 aliphatic rings. The fraction of sp³-hybridized carbons (Fsp3) is 0.294. The number of aromatic amines is 2. The molecule has 7 heterocycles. The number of aromatic nitrogens is 6. The minimum Gasteiger partial charge on any atom is -0.487 e. The van der Waals surface area contributed by atoms with Crippen LogP contribution in [-0.4, -0.2) is 123 Å². The molecule has 0 amide bonds. The second-order valence-corrected chi connectivity index (χ2v) is 30.1. The maximum Gasteiger partial charge on any atom is 0.453 e. The normalized spacial score (nSPS) is 13.5. The standard InChI is InChI=1S/C85H45F45N6O5/c86-51-46(52(87)62(97)71(61(51)96)137-23-1-18-76(106,107)81(116,117)118)41-31-8-6-29(131-31)28-30-7-9-32(132-30)42(47-53(88)63(98)72(64(99)54(47)89)138-24-2-19-77(108,109)82(119,120)121)34-11-13-36(134-34)44(49-57(92)67(102)74(68(103)58(49)93)140-26-4-21-79(112,113)84(125,126)127)38-15-17-40(136-38)45(50-59(94)69(104)75(70(105)60(50)95)141-27-5-22-80(114,115)85(128,129)130)39-16-14-37(135-39)43(35-12-10-33(41)133-35)48-55(90)65(100)73(66(101)56(48)91)139-25-3-20-78(110,111)83(122,123)124/h6-17,28,133-134H,1-5,18-27H2. The first-order valence-corrected chi connectivity index (χ1v) is 39.1. The van der Waals surface area contributed by atoms with Crippen LogP contribution in [0.5, 0.6) is 28.7 Å². The van der Waals surface area contributed by atoms with Gasteiger partial charge in [-0.3, -0.25) is 0 Å². The molecule has 0 atom stereocenters. The molecule has 3 aromatic heterocycles. The monoisotopic (exact) mass is 2080 g/mol. The summed E-state index contributed by atoms with van der Waals surface area (Å²) in [7, 11) is 0. The summed E-state index contributed by atoms with van der Waals surface area (Å²) >= 11 is 0.